The number of methoxy groups -OCH3 is 1. The Bertz CT molecular complexity index is 345. The van der Waals surface area contributed by atoms with E-state index in [1.54, 1.807) is 0 Å². The van der Waals surface area contributed by atoms with Gasteiger partial charge in [0.15, 0.2) is 0 Å². The molecule has 110 valence electrons. The normalized spacial score (nSPS) is 23.2. The zero-order chi connectivity index (χ0) is 14.6. The summed E-state index contributed by atoms with van der Waals surface area (Å²) in [6.07, 6.45) is -0.109. The molecule has 0 heterocycles. The van der Waals surface area contributed by atoms with Crippen LogP contribution in [0.15, 0.2) is 0 Å². The summed E-state index contributed by atoms with van der Waals surface area (Å²) >= 11 is 0. The molecule has 2 atom stereocenters. The van der Waals surface area contributed by atoms with Gasteiger partial charge < -0.3 is 10.1 Å². The Morgan fingerprint density at radius 1 is 1.42 bits per heavy atom. The van der Waals surface area contributed by atoms with Gasteiger partial charge in [-0.05, 0) is 18.8 Å². The van der Waals surface area contributed by atoms with Crippen molar-refractivity contribution in [2.24, 2.45) is 11.8 Å². The average Bonchev–Trinajstić information content (AvgIpc) is 2.67. The highest BCUT2D eigenvalue weighted by Crippen LogP contribution is 2.38. The minimum Gasteiger partial charge on any atom is -0.467 e. The molecule has 6 heteroatoms. The molecule has 1 aliphatic rings. The van der Waals surface area contributed by atoms with E-state index in [-0.39, 0.29) is 18.8 Å². The molecule has 0 aromatic heterocycles. The van der Waals surface area contributed by atoms with Gasteiger partial charge in [-0.25, -0.2) is 13.6 Å². The Morgan fingerprint density at radius 3 is 2.47 bits per heavy atom. The van der Waals surface area contributed by atoms with E-state index in [9.17, 15) is 18.4 Å². The van der Waals surface area contributed by atoms with Crippen LogP contribution >= 0.6 is 0 Å². The fourth-order valence-electron chi connectivity index (χ4n) is 2.29. The van der Waals surface area contributed by atoms with Gasteiger partial charge in [-0.1, -0.05) is 13.8 Å². The Hall–Kier alpha value is -1.20. The van der Waals surface area contributed by atoms with E-state index in [1.807, 2.05) is 13.8 Å². The molecular weight excluding hydrogens is 256 g/mol. The van der Waals surface area contributed by atoms with E-state index in [1.165, 1.54) is 7.11 Å². The van der Waals surface area contributed by atoms with Gasteiger partial charge in [0.1, 0.15) is 6.04 Å². The van der Waals surface area contributed by atoms with Gasteiger partial charge in [0.05, 0.1) is 7.11 Å². The van der Waals surface area contributed by atoms with E-state index in [0.717, 1.165) is 0 Å². The summed E-state index contributed by atoms with van der Waals surface area (Å²) < 4.78 is 30.7. The molecule has 1 N–H and O–H groups in total. The summed E-state index contributed by atoms with van der Waals surface area (Å²) in [7, 11) is 1.24. The molecule has 4 nitrogen and oxygen atoms in total. The number of halogens is 2. The average molecular weight is 277 g/mol. The summed E-state index contributed by atoms with van der Waals surface area (Å²) in [6, 6.07) is -0.758. The molecule has 1 saturated carbocycles. The van der Waals surface area contributed by atoms with E-state index < -0.39 is 36.2 Å². The van der Waals surface area contributed by atoms with Gasteiger partial charge in [-0.15, -0.1) is 0 Å². The van der Waals surface area contributed by atoms with Crippen LogP contribution in [0.5, 0.6) is 0 Å². The van der Waals surface area contributed by atoms with Gasteiger partial charge in [-0.2, -0.15) is 0 Å². The molecule has 0 saturated heterocycles. The first kappa shape index (κ1) is 15.9. The molecule has 19 heavy (non-hydrogen) atoms. The van der Waals surface area contributed by atoms with Crippen molar-refractivity contribution in [3.05, 3.63) is 0 Å². The third-order valence-corrected chi connectivity index (χ3v) is 3.28. The third kappa shape index (κ3) is 4.76. The molecular formula is C13H21F2NO3. The monoisotopic (exact) mass is 277 g/mol. The number of rotatable bonds is 5. The van der Waals surface area contributed by atoms with Crippen LogP contribution < -0.4 is 5.32 Å². The van der Waals surface area contributed by atoms with Crippen LogP contribution in [-0.4, -0.2) is 31.0 Å². The van der Waals surface area contributed by atoms with Gasteiger partial charge in [0.2, 0.25) is 11.8 Å². The Morgan fingerprint density at radius 2 is 2.05 bits per heavy atom. The predicted octanol–water partition coefficient (Wildman–Crippen LogP) is 2.13. The van der Waals surface area contributed by atoms with E-state index >= 15 is 0 Å². The summed E-state index contributed by atoms with van der Waals surface area (Å²) in [5.74, 6) is -4.30. The second kappa shape index (κ2) is 6.30. The number of ether oxygens (including phenoxy) is 1. The van der Waals surface area contributed by atoms with E-state index in [2.05, 4.69) is 10.1 Å². The summed E-state index contributed by atoms with van der Waals surface area (Å²) in [5.41, 5.74) is 0. The largest absolute Gasteiger partial charge is 0.467 e. The minimum atomic E-state index is -2.76. The van der Waals surface area contributed by atoms with Crippen molar-refractivity contribution in [3.8, 4) is 0 Å². The molecule has 0 bridgehead atoms. The number of alkyl halides is 2. The number of hydrogen-bond acceptors (Lipinski definition) is 3. The van der Waals surface area contributed by atoms with Crippen molar-refractivity contribution in [2.45, 2.75) is 51.5 Å². The van der Waals surface area contributed by atoms with Crippen LogP contribution in [0.4, 0.5) is 8.78 Å². The van der Waals surface area contributed by atoms with Crippen molar-refractivity contribution in [1.82, 2.24) is 5.32 Å². The SMILES string of the molecule is COC(=O)C(CC(C)C)NC(=O)C1CCC(F)(F)C1. The van der Waals surface area contributed by atoms with Crippen LogP contribution in [0, 0.1) is 11.8 Å². The number of carbonyl (C=O) groups is 2. The van der Waals surface area contributed by atoms with Crippen LogP contribution in [0.2, 0.25) is 0 Å². The molecule has 1 amide bonds. The molecule has 1 aliphatic carbocycles. The van der Waals surface area contributed by atoms with Crippen molar-refractivity contribution < 1.29 is 23.1 Å². The first-order chi connectivity index (χ1) is 8.75. The standard InChI is InChI=1S/C13H21F2NO3/c1-8(2)6-10(12(18)19-3)16-11(17)9-4-5-13(14,15)7-9/h8-10H,4-7H2,1-3H3,(H,16,17). The Kier molecular flexibility index (Phi) is 5.26. The maximum absolute atomic E-state index is 13.1. The van der Waals surface area contributed by atoms with Gasteiger partial charge in [0.25, 0.3) is 0 Å². The summed E-state index contributed by atoms with van der Waals surface area (Å²) in [4.78, 5) is 23.4. The fraction of sp³-hybridized carbons (Fsp3) is 0.846. The molecule has 0 aliphatic heterocycles. The topological polar surface area (TPSA) is 55.4 Å². The lowest BCUT2D eigenvalue weighted by Crippen LogP contribution is -2.44. The summed E-state index contributed by atoms with van der Waals surface area (Å²) in [5, 5.41) is 2.53. The van der Waals surface area contributed by atoms with Crippen molar-refractivity contribution in [1.29, 1.82) is 0 Å². The van der Waals surface area contributed by atoms with Crippen molar-refractivity contribution >= 4 is 11.9 Å². The quantitative estimate of drug-likeness (QED) is 0.783. The lowest BCUT2D eigenvalue weighted by atomic mass is 10.0. The molecule has 1 fully saturated rings. The summed E-state index contributed by atoms with van der Waals surface area (Å²) in [6.45, 7) is 3.82. The first-order valence-electron chi connectivity index (χ1n) is 6.51. The lowest BCUT2D eigenvalue weighted by Gasteiger charge is -2.20. The maximum atomic E-state index is 13.1. The number of carbonyl (C=O) groups excluding carboxylic acids is 2. The number of esters is 1. The highest BCUT2D eigenvalue weighted by molar-refractivity contribution is 5.85. The zero-order valence-corrected chi connectivity index (χ0v) is 11.5. The maximum Gasteiger partial charge on any atom is 0.328 e. The third-order valence-electron chi connectivity index (χ3n) is 3.28. The second-order valence-electron chi connectivity index (χ2n) is 5.51. The van der Waals surface area contributed by atoms with E-state index in [4.69, 9.17) is 0 Å². The molecule has 0 radical (unpaired) electrons. The molecule has 1 rings (SSSR count). The fourth-order valence-corrected chi connectivity index (χ4v) is 2.29. The molecule has 0 aromatic carbocycles. The molecule has 0 spiro atoms. The first-order valence-corrected chi connectivity index (χ1v) is 6.51. The second-order valence-corrected chi connectivity index (χ2v) is 5.51. The van der Waals surface area contributed by atoms with Crippen LogP contribution in [0.25, 0.3) is 0 Å². The van der Waals surface area contributed by atoms with Gasteiger partial charge in [0, 0.05) is 18.8 Å². The minimum absolute atomic E-state index is 0.161. The van der Waals surface area contributed by atoms with Gasteiger partial charge in [-0.3, -0.25) is 4.79 Å². The number of amides is 1. The van der Waals surface area contributed by atoms with Crippen LogP contribution in [-0.2, 0) is 14.3 Å². The Balaban J connectivity index is 2.59. The van der Waals surface area contributed by atoms with Crippen molar-refractivity contribution in [3.63, 3.8) is 0 Å². The Labute approximate surface area is 111 Å². The zero-order valence-electron chi connectivity index (χ0n) is 11.5. The lowest BCUT2D eigenvalue weighted by molar-refractivity contribution is -0.146. The number of hydrogen-bond donors (Lipinski definition) is 1. The van der Waals surface area contributed by atoms with Crippen LogP contribution in [0.3, 0.4) is 0 Å². The van der Waals surface area contributed by atoms with Crippen LogP contribution in [0.1, 0.15) is 39.5 Å². The smallest absolute Gasteiger partial charge is 0.328 e. The number of nitrogens with one attached hydrogen (secondary N) is 1. The predicted molar refractivity (Wildman–Crippen MR) is 65.7 cm³/mol. The van der Waals surface area contributed by atoms with E-state index in [0.29, 0.717) is 6.42 Å². The highest BCUT2D eigenvalue weighted by Gasteiger charge is 2.43. The molecule has 2 unspecified atom stereocenters. The van der Waals surface area contributed by atoms with Gasteiger partial charge >= 0.3 is 5.97 Å². The van der Waals surface area contributed by atoms with Crippen molar-refractivity contribution in [2.75, 3.05) is 7.11 Å². The highest BCUT2D eigenvalue weighted by atomic mass is 19.3. The molecule has 0 aromatic rings.